The van der Waals surface area contributed by atoms with Gasteiger partial charge in [-0.05, 0) is 47.0 Å². The van der Waals surface area contributed by atoms with Crippen molar-refractivity contribution in [2.45, 2.75) is 18.9 Å². The summed E-state index contributed by atoms with van der Waals surface area (Å²) < 4.78 is 13.3. The molecule has 1 amide bonds. The second-order valence-electron chi connectivity index (χ2n) is 3.78. The van der Waals surface area contributed by atoms with Crippen molar-refractivity contribution in [1.82, 2.24) is 4.90 Å². The van der Waals surface area contributed by atoms with Gasteiger partial charge in [0.25, 0.3) is 5.91 Å². The molecule has 0 saturated heterocycles. The first-order chi connectivity index (χ1) is 7.09. The molecule has 1 aromatic carbocycles. The van der Waals surface area contributed by atoms with Crippen LogP contribution in [0, 0.1) is 5.82 Å². The predicted molar refractivity (Wildman–Crippen MR) is 59.2 cm³/mol. The lowest BCUT2D eigenvalue weighted by Gasteiger charge is -2.16. The van der Waals surface area contributed by atoms with Gasteiger partial charge in [0.05, 0.1) is 4.47 Å². The zero-order chi connectivity index (χ0) is 11.0. The van der Waals surface area contributed by atoms with E-state index in [1.807, 2.05) is 0 Å². The van der Waals surface area contributed by atoms with Crippen LogP contribution in [-0.2, 0) is 0 Å². The van der Waals surface area contributed by atoms with E-state index < -0.39 is 0 Å². The van der Waals surface area contributed by atoms with Gasteiger partial charge in [-0.15, -0.1) is 0 Å². The van der Waals surface area contributed by atoms with Crippen LogP contribution in [0.2, 0.25) is 0 Å². The largest absolute Gasteiger partial charge is 0.339 e. The monoisotopic (exact) mass is 271 g/mol. The topological polar surface area (TPSA) is 20.3 Å². The molecule has 0 N–H and O–H groups in total. The van der Waals surface area contributed by atoms with Crippen LogP contribution in [0.5, 0.6) is 0 Å². The van der Waals surface area contributed by atoms with E-state index in [4.69, 9.17) is 0 Å². The average molecular weight is 272 g/mol. The van der Waals surface area contributed by atoms with Crippen LogP contribution in [-0.4, -0.2) is 23.9 Å². The molecule has 0 bridgehead atoms. The molecule has 4 heteroatoms. The molecule has 0 spiro atoms. The van der Waals surface area contributed by atoms with Crippen molar-refractivity contribution in [1.29, 1.82) is 0 Å². The molecule has 80 valence electrons. The minimum absolute atomic E-state index is 0.0433. The summed E-state index contributed by atoms with van der Waals surface area (Å²) in [5.74, 6) is -0.390. The fourth-order valence-corrected chi connectivity index (χ4v) is 1.84. The van der Waals surface area contributed by atoms with E-state index in [2.05, 4.69) is 15.9 Å². The lowest BCUT2D eigenvalue weighted by atomic mass is 10.2. The number of benzene rings is 1. The highest BCUT2D eigenvalue weighted by Gasteiger charge is 2.30. The van der Waals surface area contributed by atoms with E-state index in [1.54, 1.807) is 11.9 Å². The highest BCUT2D eigenvalue weighted by molar-refractivity contribution is 9.10. The summed E-state index contributed by atoms with van der Waals surface area (Å²) in [5, 5.41) is 0. The third-order valence-corrected chi connectivity index (χ3v) is 3.19. The zero-order valence-corrected chi connectivity index (χ0v) is 9.92. The van der Waals surface area contributed by atoms with Crippen molar-refractivity contribution < 1.29 is 9.18 Å². The molecule has 1 aromatic rings. The first kappa shape index (κ1) is 10.6. The maximum absolute atomic E-state index is 13.0. The van der Waals surface area contributed by atoms with Crippen LogP contribution in [0.25, 0.3) is 0 Å². The van der Waals surface area contributed by atoms with Gasteiger partial charge in [-0.2, -0.15) is 0 Å². The molecule has 2 nitrogen and oxygen atoms in total. The Labute approximate surface area is 96.2 Å². The standard InChI is InChI=1S/C11H11BrFNO/c1-14(8-3-4-8)11(15)7-2-5-10(13)9(12)6-7/h2,5-6,8H,3-4H2,1H3. The zero-order valence-electron chi connectivity index (χ0n) is 8.34. The molecule has 0 radical (unpaired) electrons. The van der Waals surface area contributed by atoms with Gasteiger partial charge >= 0.3 is 0 Å². The molecule has 1 aliphatic rings. The smallest absolute Gasteiger partial charge is 0.253 e. The number of amides is 1. The van der Waals surface area contributed by atoms with E-state index in [0.29, 0.717) is 16.1 Å². The van der Waals surface area contributed by atoms with Crippen LogP contribution < -0.4 is 0 Å². The summed E-state index contributed by atoms with van der Waals surface area (Å²) in [6.07, 6.45) is 2.15. The van der Waals surface area contributed by atoms with Crippen LogP contribution in [0.4, 0.5) is 4.39 Å². The van der Waals surface area contributed by atoms with Gasteiger partial charge in [-0.25, -0.2) is 4.39 Å². The summed E-state index contributed by atoms with van der Waals surface area (Å²) in [7, 11) is 1.79. The van der Waals surface area contributed by atoms with Crippen LogP contribution in [0.1, 0.15) is 23.2 Å². The van der Waals surface area contributed by atoms with Crippen molar-refractivity contribution in [2.24, 2.45) is 0 Å². The highest BCUT2D eigenvalue weighted by Crippen LogP contribution is 2.27. The normalized spacial score (nSPS) is 15.1. The molecule has 0 aliphatic heterocycles. The Hall–Kier alpha value is -0.900. The van der Waals surface area contributed by atoms with Crippen LogP contribution in [0.15, 0.2) is 22.7 Å². The summed E-state index contributed by atoms with van der Waals surface area (Å²) in [6.45, 7) is 0. The molecule has 2 rings (SSSR count). The number of carbonyl (C=O) groups excluding carboxylic acids is 1. The SMILES string of the molecule is CN(C(=O)c1ccc(F)c(Br)c1)C1CC1. The van der Waals surface area contributed by atoms with Gasteiger partial charge in [0.2, 0.25) is 0 Å². The number of nitrogens with zero attached hydrogens (tertiary/aromatic N) is 1. The minimum Gasteiger partial charge on any atom is -0.339 e. The summed E-state index contributed by atoms with van der Waals surface area (Å²) >= 11 is 3.07. The fraction of sp³-hybridized carbons (Fsp3) is 0.364. The summed E-state index contributed by atoms with van der Waals surface area (Å²) in [4.78, 5) is 13.6. The molecule has 1 saturated carbocycles. The Morgan fingerprint density at radius 1 is 1.53 bits per heavy atom. The molecule has 1 fully saturated rings. The third kappa shape index (κ3) is 2.20. The minimum atomic E-state index is -0.347. The van der Waals surface area contributed by atoms with Crippen molar-refractivity contribution in [3.63, 3.8) is 0 Å². The molecule has 0 heterocycles. The highest BCUT2D eigenvalue weighted by atomic mass is 79.9. The Morgan fingerprint density at radius 3 is 2.73 bits per heavy atom. The first-order valence-electron chi connectivity index (χ1n) is 4.82. The molecule has 1 aliphatic carbocycles. The Balaban J connectivity index is 2.21. The molecule has 0 unspecified atom stereocenters. The van der Waals surface area contributed by atoms with E-state index in [-0.39, 0.29) is 11.7 Å². The summed E-state index contributed by atoms with van der Waals surface area (Å²) in [5.41, 5.74) is 0.526. The maximum atomic E-state index is 13.0. The van der Waals surface area contributed by atoms with Crippen molar-refractivity contribution in [3.8, 4) is 0 Å². The lowest BCUT2D eigenvalue weighted by Crippen LogP contribution is -2.28. The van der Waals surface area contributed by atoms with Crippen LogP contribution >= 0.6 is 15.9 Å². The second-order valence-corrected chi connectivity index (χ2v) is 4.63. The van der Waals surface area contributed by atoms with E-state index >= 15 is 0 Å². The quantitative estimate of drug-likeness (QED) is 0.810. The average Bonchev–Trinajstić information content (AvgIpc) is 3.03. The molecule has 15 heavy (non-hydrogen) atoms. The van der Waals surface area contributed by atoms with Gasteiger partial charge in [-0.1, -0.05) is 0 Å². The molecule has 0 aromatic heterocycles. The number of hydrogen-bond donors (Lipinski definition) is 0. The summed E-state index contributed by atoms with van der Waals surface area (Å²) in [6, 6.07) is 4.72. The van der Waals surface area contributed by atoms with Gasteiger partial charge in [0.15, 0.2) is 0 Å². The van der Waals surface area contributed by atoms with E-state index in [9.17, 15) is 9.18 Å². The molecule has 0 atom stereocenters. The predicted octanol–water partition coefficient (Wildman–Crippen LogP) is 2.82. The van der Waals surface area contributed by atoms with Gasteiger partial charge in [0.1, 0.15) is 5.82 Å². The van der Waals surface area contributed by atoms with Crippen molar-refractivity contribution >= 4 is 21.8 Å². The number of rotatable bonds is 2. The van der Waals surface area contributed by atoms with Crippen LogP contribution in [0.3, 0.4) is 0 Å². The Morgan fingerprint density at radius 2 is 2.20 bits per heavy atom. The maximum Gasteiger partial charge on any atom is 0.253 e. The lowest BCUT2D eigenvalue weighted by molar-refractivity contribution is 0.0785. The Bertz CT molecular complexity index is 404. The van der Waals surface area contributed by atoms with E-state index in [0.717, 1.165) is 12.8 Å². The number of carbonyl (C=O) groups is 1. The van der Waals surface area contributed by atoms with Crippen molar-refractivity contribution in [2.75, 3.05) is 7.05 Å². The van der Waals surface area contributed by atoms with Gasteiger partial charge < -0.3 is 4.90 Å². The third-order valence-electron chi connectivity index (χ3n) is 2.58. The van der Waals surface area contributed by atoms with Gasteiger partial charge in [0, 0.05) is 18.7 Å². The second kappa shape index (κ2) is 3.93. The number of hydrogen-bond acceptors (Lipinski definition) is 1. The number of halogens is 2. The fourth-order valence-electron chi connectivity index (χ4n) is 1.46. The molecular formula is C11H11BrFNO. The van der Waals surface area contributed by atoms with E-state index in [1.165, 1.54) is 18.2 Å². The first-order valence-corrected chi connectivity index (χ1v) is 5.61. The Kier molecular flexibility index (Phi) is 2.78. The molecular weight excluding hydrogens is 261 g/mol. The van der Waals surface area contributed by atoms with Gasteiger partial charge in [-0.3, -0.25) is 4.79 Å². The van der Waals surface area contributed by atoms with Crippen molar-refractivity contribution in [3.05, 3.63) is 34.1 Å².